The first-order valence-electron chi connectivity index (χ1n) is 4.24. The first-order chi connectivity index (χ1) is 6.15. The van der Waals surface area contributed by atoms with Gasteiger partial charge in [-0.2, -0.15) is 0 Å². The molecule has 0 saturated heterocycles. The summed E-state index contributed by atoms with van der Waals surface area (Å²) in [4.78, 5) is 0. The number of benzene rings is 1. The lowest BCUT2D eigenvalue weighted by molar-refractivity contribution is 0.288. The molecule has 1 aromatic carbocycles. The molecule has 0 aliphatic heterocycles. The zero-order chi connectivity index (χ0) is 9.84. The van der Waals surface area contributed by atoms with E-state index < -0.39 is 0 Å². The van der Waals surface area contributed by atoms with Gasteiger partial charge in [-0.05, 0) is 43.0 Å². The molecule has 13 heavy (non-hydrogen) atoms. The van der Waals surface area contributed by atoms with Crippen molar-refractivity contribution in [3.63, 3.8) is 0 Å². The lowest BCUT2D eigenvalue weighted by atomic mass is 10.1. The number of aromatic hydroxyl groups is 1. The number of aliphatic hydroxyl groups excluding tert-OH is 1. The van der Waals surface area contributed by atoms with Crippen molar-refractivity contribution >= 4 is 0 Å². The maximum absolute atomic E-state index is 12.9. The average molecular weight is 184 g/mol. The Kier molecular flexibility index (Phi) is 3.25. The van der Waals surface area contributed by atoms with E-state index in [4.69, 9.17) is 5.11 Å². The van der Waals surface area contributed by atoms with Crippen LogP contribution in [0.1, 0.15) is 17.5 Å². The summed E-state index contributed by atoms with van der Waals surface area (Å²) in [5, 5.41) is 18.1. The number of hydrogen-bond acceptors (Lipinski definition) is 2. The summed E-state index contributed by atoms with van der Waals surface area (Å²) in [6, 6.07) is 2.59. The third kappa shape index (κ3) is 2.42. The number of aliphatic hydroxyl groups is 1. The first-order valence-corrected chi connectivity index (χ1v) is 4.24. The van der Waals surface area contributed by atoms with E-state index >= 15 is 0 Å². The van der Waals surface area contributed by atoms with E-state index in [0.29, 0.717) is 24.0 Å². The second-order valence-corrected chi connectivity index (χ2v) is 3.06. The quantitative estimate of drug-likeness (QED) is 0.751. The lowest BCUT2D eigenvalue weighted by Gasteiger charge is -2.06. The molecule has 0 saturated carbocycles. The van der Waals surface area contributed by atoms with E-state index in [0.717, 1.165) is 0 Å². The van der Waals surface area contributed by atoms with Gasteiger partial charge in [-0.25, -0.2) is 4.39 Å². The topological polar surface area (TPSA) is 40.5 Å². The van der Waals surface area contributed by atoms with Crippen molar-refractivity contribution in [1.82, 2.24) is 0 Å². The molecule has 0 radical (unpaired) electrons. The van der Waals surface area contributed by atoms with E-state index in [2.05, 4.69) is 0 Å². The second-order valence-electron chi connectivity index (χ2n) is 3.06. The van der Waals surface area contributed by atoms with Crippen LogP contribution in [0.4, 0.5) is 4.39 Å². The minimum Gasteiger partial charge on any atom is -0.507 e. The van der Waals surface area contributed by atoms with Gasteiger partial charge < -0.3 is 10.2 Å². The predicted octanol–water partition coefficient (Wildman–Crippen LogP) is 1.76. The highest BCUT2D eigenvalue weighted by Gasteiger charge is 2.06. The minimum absolute atomic E-state index is 0.0506. The van der Waals surface area contributed by atoms with Crippen LogP contribution < -0.4 is 0 Å². The molecule has 0 heterocycles. The van der Waals surface area contributed by atoms with Crippen LogP contribution in [0.25, 0.3) is 0 Å². The zero-order valence-electron chi connectivity index (χ0n) is 7.55. The van der Waals surface area contributed by atoms with Crippen molar-refractivity contribution in [2.75, 3.05) is 6.61 Å². The zero-order valence-corrected chi connectivity index (χ0v) is 7.55. The van der Waals surface area contributed by atoms with E-state index in [1.165, 1.54) is 12.1 Å². The molecule has 0 aliphatic carbocycles. The van der Waals surface area contributed by atoms with Gasteiger partial charge in [-0.3, -0.25) is 0 Å². The summed E-state index contributed by atoms with van der Waals surface area (Å²) < 4.78 is 12.9. The summed E-state index contributed by atoms with van der Waals surface area (Å²) >= 11 is 0. The van der Waals surface area contributed by atoms with Gasteiger partial charge in [-0.15, -0.1) is 0 Å². The fourth-order valence-electron chi connectivity index (χ4n) is 1.26. The Hall–Kier alpha value is -1.09. The third-order valence-electron chi connectivity index (χ3n) is 1.95. The van der Waals surface area contributed by atoms with Crippen LogP contribution >= 0.6 is 0 Å². The summed E-state index contributed by atoms with van der Waals surface area (Å²) in [7, 11) is 0. The van der Waals surface area contributed by atoms with Crippen molar-refractivity contribution in [2.45, 2.75) is 19.8 Å². The maximum atomic E-state index is 12.9. The number of halogens is 1. The molecule has 2 nitrogen and oxygen atoms in total. The monoisotopic (exact) mass is 184 g/mol. The van der Waals surface area contributed by atoms with Crippen molar-refractivity contribution in [3.05, 3.63) is 29.1 Å². The van der Waals surface area contributed by atoms with Gasteiger partial charge >= 0.3 is 0 Å². The van der Waals surface area contributed by atoms with Crippen LogP contribution in [-0.2, 0) is 6.42 Å². The molecule has 0 aliphatic rings. The fraction of sp³-hybridized carbons (Fsp3) is 0.400. The molecular formula is C10H13FO2. The Morgan fingerprint density at radius 3 is 2.69 bits per heavy atom. The fourth-order valence-corrected chi connectivity index (χ4v) is 1.26. The Morgan fingerprint density at radius 2 is 2.08 bits per heavy atom. The van der Waals surface area contributed by atoms with E-state index in [9.17, 15) is 9.50 Å². The van der Waals surface area contributed by atoms with Crippen LogP contribution in [0.15, 0.2) is 12.1 Å². The molecule has 0 aromatic heterocycles. The molecule has 0 bridgehead atoms. The van der Waals surface area contributed by atoms with Gasteiger partial charge in [-0.1, -0.05) is 0 Å². The second kappa shape index (κ2) is 4.23. The molecule has 1 rings (SSSR count). The smallest absolute Gasteiger partial charge is 0.124 e. The van der Waals surface area contributed by atoms with Crippen LogP contribution in [0.2, 0.25) is 0 Å². The third-order valence-corrected chi connectivity index (χ3v) is 1.95. The van der Waals surface area contributed by atoms with Gasteiger partial charge in [0.2, 0.25) is 0 Å². The highest BCUT2D eigenvalue weighted by Crippen LogP contribution is 2.24. The van der Waals surface area contributed by atoms with Crippen LogP contribution in [-0.4, -0.2) is 16.8 Å². The number of aryl methyl sites for hydroxylation is 2. The predicted molar refractivity (Wildman–Crippen MR) is 48.2 cm³/mol. The minimum atomic E-state index is -0.344. The summed E-state index contributed by atoms with van der Waals surface area (Å²) in [6.45, 7) is 1.70. The first kappa shape index (κ1) is 9.99. The maximum Gasteiger partial charge on any atom is 0.124 e. The van der Waals surface area contributed by atoms with Crippen molar-refractivity contribution in [2.24, 2.45) is 0 Å². The molecule has 3 heteroatoms. The molecule has 0 atom stereocenters. The summed E-state index contributed by atoms with van der Waals surface area (Å²) in [5.41, 5.74) is 1.10. The van der Waals surface area contributed by atoms with E-state index in [-0.39, 0.29) is 18.2 Å². The van der Waals surface area contributed by atoms with Crippen molar-refractivity contribution < 1.29 is 14.6 Å². The highest BCUT2D eigenvalue weighted by molar-refractivity contribution is 5.40. The summed E-state index contributed by atoms with van der Waals surface area (Å²) in [6.07, 6.45) is 1.04. The van der Waals surface area contributed by atoms with Crippen LogP contribution in [0.3, 0.4) is 0 Å². The Bertz CT molecular complexity index is 297. The molecular weight excluding hydrogens is 171 g/mol. The molecule has 0 fully saturated rings. The lowest BCUT2D eigenvalue weighted by Crippen LogP contribution is -1.93. The Labute approximate surface area is 76.6 Å². The number of phenolic OH excluding ortho intramolecular Hbond substituents is 1. The van der Waals surface area contributed by atoms with Gasteiger partial charge in [0.1, 0.15) is 11.6 Å². The van der Waals surface area contributed by atoms with Gasteiger partial charge in [0.25, 0.3) is 0 Å². The molecule has 1 aromatic rings. The highest BCUT2D eigenvalue weighted by atomic mass is 19.1. The van der Waals surface area contributed by atoms with E-state index in [1.807, 2.05) is 0 Å². The van der Waals surface area contributed by atoms with E-state index in [1.54, 1.807) is 6.92 Å². The standard InChI is InChI=1S/C10H13FO2/c1-7-5-9(11)6-8(10(7)13)3-2-4-12/h5-6,12-13H,2-4H2,1H3. The molecule has 0 amide bonds. The SMILES string of the molecule is Cc1cc(F)cc(CCCO)c1O. The molecule has 0 unspecified atom stereocenters. The Morgan fingerprint density at radius 1 is 1.38 bits per heavy atom. The normalized spacial score (nSPS) is 10.4. The van der Waals surface area contributed by atoms with Gasteiger partial charge in [0.05, 0.1) is 0 Å². The van der Waals surface area contributed by atoms with Gasteiger partial charge in [0.15, 0.2) is 0 Å². The van der Waals surface area contributed by atoms with Crippen molar-refractivity contribution in [3.8, 4) is 5.75 Å². The summed E-state index contributed by atoms with van der Waals surface area (Å²) in [5.74, 6) is -0.210. The number of hydrogen-bond donors (Lipinski definition) is 2. The van der Waals surface area contributed by atoms with Gasteiger partial charge in [0, 0.05) is 6.61 Å². The number of phenols is 1. The number of rotatable bonds is 3. The average Bonchev–Trinajstić information content (AvgIpc) is 2.09. The van der Waals surface area contributed by atoms with Crippen LogP contribution in [0.5, 0.6) is 5.75 Å². The largest absolute Gasteiger partial charge is 0.507 e. The van der Waals surface area contributed by atoms with Crippen molar-refractivity contribution in [1.29, 1.82) is 0 Å². The Balaban J connectivity index is 2.92. The molecule has 0 spiro atoms. The van der Waals surface area contributed by atoms with Crippen LogP contribution in [0, 0.1) is 12.7 Å². The molecule has 2 N–H and O–H groups in total. The molecule has 72 valence electrons.